The van der Waals surface area contributed by atoms with Crippen LogP contribution in [-0.4, -0.2) is 25.4 Å². The lowest BCUT2D eigenvalue weighted by Crippen LogP contribution is -2.39. The van der Waals surface area contributed by atoms with Gasteiger partial charge in [0.2, 0.25) is 0 Å². The van der Waals surface area contributed by atoms with Crippen molar-refractivity contribution < 1.29 is 4.12 Å². The van der Waals surface area contributed by atoms with E-state index in [9.17, 15) is 0 Å². The van der Waals surface area contributed by atoms with Crippen molar-refractivity contribution in [3.63, 3.8) is 0 Å². The van der Waals surface area contributed by atoms with Gasteiger partial charge in [-0.2, -0.15) is 0 Å². The van der Waals surface area contributed by atoms with Gasteiger partial charge in [0.05, 0.1) is 0 Å². The molecule has 0 saturated heterocycles. The van der Waals surface area contributed by atoms with Crippen LogP contribution in [0.25, 0.3) is 0 Å². The molecule has 1 nitrogen and oxygen atoms in total. The Hall–Kier alpha value is 0.611. The Bertz CT molecular complexity index is 107. The average molecular weight is 237 g/mol. The Balaban J connectivity index is 0. The zero-order valence-electron chi connectivity index (χ0n) is 11.0. The second-order valence-corrected chi connectivity index (χ2v) is 18.8. The maximum Gasteiger partial charge on any atom is 0.170 e. The summed E-state index contributed by atoms with van der Waals surface area (Å²) in [6, 6.07) is 0. The molecule has 0 rings (SSSR count). The SMILES string of the molecule is C[SiH](C)C.C[Si](C)(C)O[Si](C)(C)C. The monoisotopic (exact) mass is 236 g/mol. The van der Waals surface area contributed by atoms with Crippen LogP contribution in [0.5, 0.6) is 0 Å². The molecule has 82 valence electrons. The molecule has 0 spiro atoms. The summed E-state index contributed by atoms with van der Waals surface area (Å²) >= 11 is 0. The third-order valence-corrected chi connectivity index (χ3v) is 5.51. The van der Waals surface area contributed by atoms with Gasteiger partial charge < -0.3 is 4.12 Å². The second kappa shape index (κ2) is 6.16. The van der Waals surface area contributed by atoms with Gasteiger partial charge in [-0.05, 0) is 39.3 Å². The molecule has 0 fully saturated rings. The quantitative estimate of drug-likeness (QED) is 0.663. The molecule has 0 aromatic carbocycles. The van der Waals surface area contributed by atoms with Gasteiger partial charge in [-0.25, -0.2) is 0 Å². The largest absolute Gasteiger partial charge is 0.456 e. The zero-order chi connectivity index (χ0) is 11.3. The minimum absolute atomic E-state index is 0.139. The summed E-state index contributed by atoms with van der Waals surface area (Å²) in [5.41, 5.74) is 0. The predicted molar refractivity (Wildman–Crippen MR) is 72.5 cm³/mol. The van der Waals surface area contributed by atoms with E-state index in [-0.39, 0.29) is 8.80 Å². The molecular formula is C9H28OSi3. The molecule has 0 N–H and O–H groups in total. The van der Waals surface area contributed by atoms with Crippen molar-refractivity contribution in [3.8, 4) is 0 Å². The van der Waals surface area contributed by atoms with Crippen molar-refractivity contribution in [1.29, 1.82) is 0 Å². The molecule has 0 heterocycles. The normalized spacial score (nSPS) is 12.5. The Kier molecular flexibility index (Phi) is 7.61. The van der Waals surface area contributed by atoms with Crippen molar-refractivity contribution in [1.82, 2.24) is 0 Å². The zero-order valence-corrected chi connectivity index (χ0v) is 14.1. The molecule has 0 bridgehead atoms. The van der Waals surface area contributed by atoms with Crippen molar-refractivity contribution in [3.05, 3.63) is 0 Å². The minimum Gasteiger partial charge on any atom is -0.456 e. The molecule has 13 heavy (non-hydrogen) atoms. The number of hydrogen-bond donors (Lipinski definition) is 0. The molecule has 0 aliphatic rings. The maximum absolute atomic E-state index is 5.90. The first kappa shape index (κ1) is 16.1. The topological polar surface area (TPSA) is 9.23 Å². The number of hydrogen-bond acceptors (Lipinski definition) is 1. The Labute approximate surface area is 88.8 Å². The maximum atomic E-state index is 5.90. The van der Waals surface area contributed by atoms with E-state index in [1.807, 2.05) is 0 Å². The van der Waals surface area contributed by atoms with E-state index < -0.39 is 16.6 Å². The molecular weight excluding hydrogens is 208 g/mol. The van der Waals surface area contributed by atoms with Crippen molar-refractivity contribution >= 4 is 25.4 Å². The van der Waals surface area contributed by atoms with Crippen LogP contribution in [-0.2, 0) is 4.12 Å². The van der Waals surface area contributed by atoms with Crippen LogP contribution in [0.4, 0.5) is 0 Å². The lowest BCUT2D eigenvalue weighted by Gasteiger charge is -2.27. The van der Waals surface area contributed by atoms with E-state index in [0.29, 0.717) is 0 Å². The van der Waals surface area contributed by atoms with Crippen LogP contribution in [0.1, 0.15) is 0 Å². The first-order valence-electron chi connectivity index (χ1n) is 5.14. The lowest BCUT2D eigenvalue weighted by molar-refractivity contribution is 0.559. The summed E-state index contributed by atoms with van der Waals surface area (Å²) in [7, 11) is -2.60. The van der Waals surface area contributed by atoms with Crippen molar-refractivity contribution in [2.24, 2.45) is 0 Å². The molecule has 0 aromatic rings. The predicted octanol–water partition coefficient (Wildman–Crippen LogP) is 3.78. The molecule has 0 aromatic heterocycles. The lowest BCUT2D eigenvalue weighted by atomic mass is 11.8. The van der Waals surface area contributed by atoms with Gasteiger partial charge in [-0.15, -0.1) is 0 Å². The Morgan fingerprint density at radius 1 is 0.692 bits per heavy atom. The van der Waals surface area contributed by atoms with E-state index >= 15 is 0 Å². The summed E-state index contributed by atoms with van der Waals surface area (Å²) in [6.07, 6.45) is 0. The van der Waals surface area contributed by atoms with Gasteiger partial charge in [0, 0.05) is 8.80 Å². The highest BCUT2D eigenvalue weighted by molar-refractivity contribution is 6.83. The van der Waals surface area contributed by atoms with Gasteiger partial charge in [0.1, 0.15) is 0 Å². The van der Waals surface area contributed by atoms with Crippen LogP contribution in [0.2, 0.25) is 58.9 Å². The van der Waals surface area contributed by atoms with E-state index in [1.165, 1.54) is 0 Å². The fourth-order valence-electron chi connectivity index (χ4n) is 0.919. The summed E-state index contributed by atoms with van der Waals surface area (Å²) < 4.78 is 5.90. The molecule has 0 amide bonds. The third kappa shape index (κ3) is 32.5. The van der Waals surface area contributed by atoms with Gasteiger partial charge in [-0.1, -0.05) is 19.6 Å². The van der Waals surface area contributed by atoms with E-state index in [2.05, 4.69) is 58.9 Å². The van der Waals surface area contributed by atoms with Gasteiger partial charge in [0.15, 0.2) is 16.6 Å². The molecule has 0 aliphatic heterocycles. The highest BCUT2D eigenvalue weighted by Crippen LogP contribution is 2.12. The summed E-state index contributed by atoms with van der Waals surface area (Å²) in [5.74, 6) is 0. The van der Waals surface area contributed by atoms with Crippen LogP contribution in [0, 0.1) is 0 Å². The summed E-state index contributed by atoms with van der Waals surface area (Å²) in [5, 5.41) is 0. The molecule has 0 unspecified atom stereocenters. The summed E-state index contributed by atoms with van der Waals surface area (Å²) in [4.78, 5) is 0. The van der Waals surface area contributed by atoms with Gasteiger partial charge in [0.25, 0.3) is 0 Å². The van der Waals surface area contributed by atoms with Crippen LogP contribution in [0.3, 0.4) is 0 Å². The van der Waals surface area contributed by atoms with Crippen molar-refractivity contribution in [2.45, 2.75) is 58.9 Å². The second-order valence-electron chi connectivity index (χ2n) is 6.06. The van der Waals surface area contributed by atoms with E-state index in [1.54, 1.807) is 0 Å². The standard InChI is InChI=1S/C6H18OSi2.C3H10Si/c1-8(2,3)7-9(4,5)6;1-4(2)3/h1-6H3;4H,1-3H3. The minimum atomic E-state index is -1.23. The average Bonchev–Trinajstić information content (AvgIpc) is 1.47. The molecule has 4 heteroatoms. The Morgan fingerprint density at radius 3 is 0.846 bits per heavy atom. The molecule has 0 radical (unpaired) electrons. The van der Waals surface area contributed by atoms with Crippen molar-refractivity contribution in [2.75, 3.05) is 0 Å². The molecule has 0 aliphatic carbocycles. The highest BCUT2D eigenvalue weighted by Gasteiger charge is 2.24. The van der Waals surface area contributed by atoms with Crippen LogP contribution < -0.4 is 0 Å². The van der Waals surface area contributed by atoms with Crippen LogP contribution >= 0.6 is 0 Å². The van der Waals surface area contributed by atoms with Gasteiger partial charge >= 0.3 is 0 Å². The first-order valence-corrected chi connectivity index (χ1v) is 15.4. The fraction of sp³-hybridized carbons (Fsp3) is 1.00. The smallest absolute Gasteiger partial charge is 0.170 e. The highest BCUT2D eigenvalue weighted by atomic mass is 28.4. The Morgan fingerprint density at radius 2 is 0.846 bits per heavy atom. The third-order valence-electron chi connectivity index (χ3n) is 0.612. The van der Waals surface area contributed by atoms with Gasteiger partial charge in [-0.3, -0.25) is 0 Å². The number of rotatable bonds is 2. The fourth-order valence-corrected chi connectivity index (χ4v) is 8.27. The van der Waals surface area contributed by atoms with E-state index in [4.69, 9.17) is 4.12 Å². The van der Waals surface area contributed by atoms with E-state index in [0.717, 1.165) is 0 Å². The molecule has 0 saturated carbocycles. The molecule has 0 atom stereocenters. The summed E-state index contributed by atoms with van der Waals surface area (Å²) in [6.45, 7) is 20.4. The van der Waals surface area contributed by atoms with Crippen LogP contribution in [0.15, 0.2) is 0 Å². The first-order chi connectivity index (χ1) is 5.44.